The normalized spacial score (nSPS) is 9.54. The first-order valence-corrected chi connectivity index (χ1v) is 5.59. The molecule has 1 aromatic rings. The van der Waals surface area contributed by atoms with Gasteiger partial charge in [-0.25, -0.2) is 0 Å². The molecule has 68 valence electrons. The molecule has 2 heteroatoms. The number of rotatable bonds is 4. The van der Waals surface area contributed by atoms with Crippen LogP contribution >= 0.6 is 11.8 Å². The largest absolute Gasteiger partial charge is 0.192 e. The third-order valence-corrected chi connectivity index (χ3v) is 2.91. The van der Waals surface area contributed by atoms with Crippen molar-refractivity contribution in [3.8, 4) is 6.07 Å². The van der Waals surface area contributed by atoms with E-state index in [0.717, 1.165) is 11.3 Å². The number of nitrogens with zero attached hydrogens (tertiary/aromatic N) is 1. The average molecular weight is 191 g/mol. The van der Waals surface area contributed by atoms with Crippen LogP contribution in [0.2, 0.25) is 0 Å². The van der Waals surface area contributed by atoms with Crippen molar-refractivity contribution in [3.05, 3.63) is 35.4 Å². The van der Waals surface area contributed by atoms with E-state index in [9.17, 15) is 0 Å². The maximum atomic E-state index is 8.68. The molecule has 0 aliphatic carbocycles. The Hall–Kier alpha value is -0.940. The van der Waals surface area contributed by atoms with Gasteiger partial charge in [-0.2, -0.15) is 17.0 Å². The number of nitriles is 1. The predicted molar refractivity (Wildman–Crippen MR) is 57.6 cm³/mol. The molecular formula is C11H13NS. The van der Waals surface area contributed by atoms with Crippen molar-refractivity contribution in [2.75, 3.05) is 5.75 Å². The number of hydrogen-bond acceptors (Lipinski definition) is 2. The molecule has 0 spiro atoms. The highest BCUT2D eigenvalue weighted by molar-refractivity contribution is 7.98. The van der Waals surface area contributed by atoms with Crippen LogP contribution in [0.5, 0.6) is 0 Å². The molecule has 0 N–H and O–H groups in total. The first-order chi connectivity index (χ1) is 6.36. The van der Waals surface area contributed by atoms with Gasteiger partial charge in [-0.3, -0.25) is 0 Å². The second-order valence-electron chi connectivity index (χ2n) is 2.86. The second-order valence-corrected chi connectivity index (χ2v) is 3.97. The van der Waals surface area contributed by atoms with Crippen LogP contribution in [0.4, 0.5) is 0 Å². The van der Waals surface area contributed by atoms with Crippen LogP contribution in [0.1, 0.15) is 24.5 Å². The minimum absolute atomic E-state index is 0.759. The minimum atomic E-state index is 0.759. The highest BCUT2D eigenvalue weighted by Gasteiger charge is 1.94. The maximum Gasteiger partial charge on any atom is 0.0991 e. The zero-order chi connectivity index (χ0) is 9.52. The molecule has 0 heterocycles. The van der Waals surface area contributed by atoms with E-state index in [2.05, 4.69) is 19.1 Å². The Morgan fingerprint density at radius 3 is 3.00 bits per heavy atom. The molecular weight excluding hydrogens is 178 g/mol. The highest BCUT2D eigenvalue weighted by atomic mass is 32.2. The lowest BCUT2D eigenvalue weighted by Crippen LogP contribution is -1.83. The van der Waals surface area contributed by atoms with E-state index in [0.29, 0.717) is 0 Å². The van der Waals surface area contributed by atoms with Gasteiger partial charge in [-0.15, -0.1) is 0 Å². The second kappa shape index (κ2) is 5.66. The van der Waals surface area contributed by atoms with Crippen molar-refractivity contribution in [2.24, 2.45) is 0 Å². The smallest absolute Gasteiger partial charge is 0.0991 e. The van der Waals surface area contributed by atoms with E-state index in [1.807, 2.05) is 30.0 Å². The van der Waals surface area contributed by atoms with Gasteiger partial charge >= 0.3 is 0 Å². The van der Waals surface area contributed by atoms with E-state index in [1.54, 1.807) is 0 Å². The van der Waals surface area contributed by atoms with Crippen LogP contribution in [-0.4, -0.2) is 5.75 Å². The van der Waals surface area contributed by atoms with Crippen molar-refractivity contribution in [2.45, 2.75) is 19.1 Å². The van der Waals surface area contributed by atoms with E-state index in [4.69, 9.17) is 5.26 Å². The molecule has 0 amide bonds. The predicted octanol–water partition coefficient (Wildman–Crippen LogP) is 3.20. The summed E-state index contributed by atoms with van der Waals surface area (Å²) in [5.41, 5.74) is 2.01. The topological polar surface area (TPSA) is 23.8 Å². The molecule has 1 rings (SSSR count). The van der Waals surface area contributed by atoms with Gasteiger partial charge in [0.25, 0.3) is 0 Å². The fourth-order valence-electron chi connectivity index (χ4n) is 1.07. The monoisotopic (exact) mass is 191 g/mol. The van der Waals surface area contributed by atoms with Gasteiger partial charge in [0.05, 0.1) is 11.6 Å². The zero-order valence-electron chi connectivity index (χ0n) is 7.79. The first-order valence-electron chi connectivity index (χ1n) is 4.43. The van der Waals surface area contributed by atoms with Gasteiger partial charge in [-0.05, 0) is 29.9 Å². The molecule has 0 radical (unpaired) electrons. The summed E-state index contributed by atoms with van der Waals surface area (Å²) in [4.78, 5) is 0. The van der Waals surface area contributed by atoms with E-state index < -0.39 is 0 Å². The molecule has 0 atom stereocenters. The maximum absolute atomic E-state index is 8.68. The first kappa shape index (κ1) is 10.1. The van der Waals surface area contributed by atoms with Gasteiger partial charge in [0, 0.05) is 5.75 Å². The quantitative estimate of drug-likeness (QED) is 0.682. The standard InChI is InChI=1S/C11H13NS/c1-2-6-13-9-11-5-3-4-10(7-11)8-12/h3-5,7H,2,6,9H2,1H3. The van der Waals surface area contributed by atoms with Crippen LogP contribution < -0.4 is 0 Å². The number of thioether (sulfide) groups is 1. The molecule has 0 fully saturated rings. The van der Waals surface area contributed by atoms with Crippen molar-refractivity contribution < 1.29 is 0 Å². The third-order valence-electron chi connectivity index (χ3n) is 1.67. The summed E-state index contributed by atoms with van der Waals surface area (Å²) in [6, 6.07) is 9.97. The molecule has 1 aromatic carbocycles. The molecule has 0 aliphatic heterocycles. The third kappa shape index (κ3) is 3.52. The molecule has 13 heavy (non-hydrogen) atoms. The molecule has 0 saturated heterocycles. The summed E-state index contributed by atoms with van der Waals surface area (Å²) in [5, 5.41) is 8.68. The minimum Gasteiger partial charge on any atom is -0.192 e. The Morgan fingerprint density at radius 1 is 1.46 bits per heavy atom. The van der Waals surface area contributed by atoms with E-state index in [1.165, 1.54) is 17.7 Å². The van der Waals surface area contributed by atoms with Crippen molar-refractivity contribution in [3.63, 3.8) is 0 Å². The lowest BCUT2D eigenvalue weighted by Gasteiger charge is -2.00. The van der Waals surface area contributed by atoms with Crippen LogP contribution in [0.15, 0.2) is 24.3 Å². The lowest BCUT2D eigenvalue weighted by atomic mass is 10.2. The van der Waals surface area contributed by atoms with Gasteiger partial charge < -0.3 is 0 Å². The molecule has 0 aliphatic rings. The molecule has 0 bridgehead atoms. The zero-order valence-corrected chi connectivity index (χ0v) is 8.60. The average Bonchev–Trinajstić information content (AvgIpc) is 2.19. The number of hydrogen-bond donors (Lipinski definition) is 0. The fraction of sp³-hybridized carbons (Fsp3) is 0.364. The Bertz CT molecular complexity index is 301. The summed E-state index contributed by atoms with van der Waals surface area (Å²) in [6.07, 6.45) is 1.21. The Kier molecular flexibility index (Phi) is 4.42. The molecule has 0 unspecified atom stereocenters. The summed E-state index contributed by atoms with van der Waals surface area (Å²) >= 11 is 1.92. The van der Waals surface area contributed by atoms with Crippen LogP contribution in [0, 0.1) is 11.3 Å². The molecule has 0 saturated carbocycles. The number of benzene rings is 1. The van der Waals surface area contributed by atoms with Crippen molar-refractivity contribution in [1.29, 1.82) is 5.26 Å². The van der Waals surface area contributed by atoms with E-state index >= 15 is 0 Å². The fourth-order valence-corrected chi connectivity index (χ4v) is 1.91. The van der Waals surface area contributed by atoms with E-state index in [-0.39, 0.29) is 0 Å². The summed E-state index contributed by atoms with van der Waals surface area (Å²) < 4.78 is 0. The summed E-state index contributed by atoms with van der Waals surface area (Å²) in [7, 11) is 0. The van der Waals surface area contributed by atoms with Gasteiger partial charge in [0.2, 0.25) is 0 Å². The Balaban J connectivity index is 2.52. The van der Waals surface area contributed by atoms with Crippen LogP contribution in [0.25, 0.3) is 0 Å². The van der Waals surface area contributed by atoms with Crippen LogP contribution in [0.3, 0.4) is 0 Å². The van der Waals surface area contributed by atoms with Crippen LogP contribution in [-0.2, 0) is 5.75 Å². The summed E-state index contributed by atoms with van der Waals surface area (Å²) in [5.74, 6) is 2.21. The van der Waals surface area contributed by atoms with Crippen molar-refractivity contribution >= 4 is 11.8 Å². The lowest BCUT2D eigenvalue weighted by molar-refractivity contribution is 1.10. The summed E-state index contributed by atoms with van der Waals surface area (Å²) in [6.45, 7) is 2.18. The SMILES string of the molecule is CCCSCc1cccc(C#N)c1. The Labute approximate surface area is 83.8 Å². The van der Waals surface area contributed by atoms with Gasteiger partial charge in [0.15, 0.2) is 0 Å². The van der Waals surface area contributed by atoms with Gasteiger partial charge in [-0.1, -0.05) is 19.1 Å². The van der Waals surface area contributed by atoms with Gasteiger partial charge in [0.1, 0.15) is 0 Å². The molecule has 0 aromatic heterocycles. The highest BCUT2D eigenvalue weighted by Crippen LogP contribution is 2.13. The Morgan fingerprint density at radius 2 is 2.31 bits per heavy atom. The molecule has 1 nitrogen and oxygen atoms in total. The van der Waals surface area contributed by atoms with Crippen molar-refractivity contribution in [1.82, 2.24) is 0 Å².